The van der Waals surface area contributed by atoms with Crippen molar-refractivity contribution in [2.24, 2.45) is 10.2 Å². The summed E-state index contributed by atoms with van der Waals surface area (Å²) in [5.41, 5.74) is 9.15. The molecule has 1 fully saturated rings. The maximum absolute atomic E-state index is 5.43. The Morgan fingerprint density at radius 1 is 0.966 bits per heavy atom. The molecule has 10 heteroatoms. The van der Waals surface area contributed by atoms with Gasteiger partial charge in [0.05, 0.1) is 18.9 Å². The lowest BCUT2D eigenvalue weighted by Crippen LogP contribution is -2.36. The molecule has 158 valence electrons. The Morgan fingerprint density at radius 2 is 1.52 bits per heavy atom. The van der Waals surface area contributed by atoms with Crippen LogP contribution in [0.5, 0.6) is 0 Å². The van der Waals surface area contributed by atoms with Crippen LogP contribution in [0, 0.1) is 0 Å². The van der Waals surface area contributed by atoms with E-state index in [4.69, 9.17) is 29.2 Å². The van der Waals surface area contributed by atoms with Gasteiger partial charge in [0, 0.05) is 37.4 Å². The minimum absolute atomic E-state index is 0.457. The second kappa shape index (κ2) is 12.3. The topological polar surface area (TPSA) is 85.3 Å². The van der Waals surface area contributed by atoms with Crippen LogP contribution >= 0.6 is 24.4 Å². The van der Waals surface area contributed by atoms with Gasteiger partial charge in [-0.1, -0.05) is 12.1 Å². The van der Waals surface area contributed by atoms with Crippen LogP contribution in [-0.2, 0) is 4.74 Å². The summed E-state index contributed by atoms with van der Waals surface area (Å²) in [4.78, 5) is 2.31. The SMILES string of the molecule is CCNC(=S)N/N=C(\C(C)=N\NC(=S)NCC)c1ccc(N2CCOCC2)cc1. The van der Waals surface area contributed by atoms with Gasteiger partial charge in [0.25, 0.3) is 0 Å². The van der Waals surface area contributed by atoms with Gasteiger partial charge < -0.3 is 20.3 Å². The summed E-state index contributed by atoms with van der Waals surface area (Å²) in [5.74, 6) is 0. The number of nitrogens with one attached hydrogen (secondary N) is 4. The van der Waals surface area contributed by atoms with Gasteiger partial charge in [-0.3, -0.25) is 10.9 Å². The van der Waals surface area contributed by atoms with Crippen LogP contribution in [0.25, 0.3) is 0 Å². The second-order valence-corrected chi connectivity index (χ2v) is 7.06. The van der Waals surface area contributed by atoms with Crippen molar-refractivity contribution in [3.05, 3.63) is 29.8 Å². The van der Waals surface area contributed by atoms with Crippen molar-refractivity contribution in [2.75, 3.05) is 44.3 Å². The van der Waals surface area contributed by atoms with Crippen molar-refractivity contribution in [1.82, 2.24) is 21.5 Å². The summed E-state index contributed by atoms with van der Waals surface area (Å²) in [6.07, 6.45) is 0. The van der Waals surface area contributed by atoms with E-state index in [1.807, 2.05) is 32.9 Å². The highest BCUT2D eigenvalue weighted by molar-refractivity contribution is 7.80. The van der Waals surface area contributed by atoms with Crippen LogP contribution in [-0.4, -0.2) is 61.0 Å². The molecule has 1 aromatic rings. The number of benzene rings is 1. The summed E-state index contributed by atoms with van der Waals surface area (Å²) >= 11 is 10.4. The summed E-state index contributed by atoms with van der Waals surface area (Å²) < 4.78 is 5.43. The molecule has 29 heavy (non-hydrogen) atoms. The molecule has 0 unspecified atom stereocenters. The monoisotopic (exact) mass is 435 g/mol. The van der Waals surface area contributed by atoms with Crippen LogP contribution in [0.15, 0.2) is 34.5 Å². The first-order valence-corrected chi connectivity index (χ1v) is 10.5. The van der Waals surface area contributed by atoms with E-state index in [0.29, 0.717) is 21.6 Å². The fraction of sp³-hybridized carbons (Fsp3) is 0.474. The van der Waals surface area contributed by atoms with E-state index in [1.54, 1.807) is 0 Å². The van der Waals surface area contributed by atoms with Crippen molar-refractivity contribution >= 4 is 51.8 Å². The molecule has 1 aliphatic rings. The smallest absolute Gasteiger partial charge is 0.186 e. The van der Waals surface area contributed by atoms with Crippen molar-refractivity contribution in [3.63, 3.8) is 0 Å². The second-order valence-electron chi connectivity index (χ2n) is 6.25. The Bertz CT molecular complexity index is 743. The van der Waals surface area contributed by atoms with Crippen molar-refractivity contribution in [2.45, 2.75) is 20.8 Å². The van der Waals surface area contributed by atoms with E-state index in [1.165, 1.54) is 0 Å². The highest BCUT2D eigenvalue weighted by Gasteiger charge is 2.13. The Kier molecular flexibility index (Phi) is 9.75. The van der Waals surface area contributed by atoms with Crippen LogP contribution in [0.2, 0.25) is 0 Å². The van der Waals surface area contributed by atoms with Gasteiger partial charge in [0.1, 0.15) is 5.71 Å². The molecule has 1 aromatic carbocycles. The van der Waals surface area contributed by atoms with Gasteiger partial charge in [-0.05, 0) is 57.3 Å². The van der Waals surface area contributed by atoms with Crippen LogP contribution in [0.1, 0.15) is 26.3 Å². The lowest BCUT2D eigenvalue weighted by atomic mass is 10.1. The molecular weight excluding hydrogens is 406 g/mol. The molecule has 0 aromatic heterocycles. The summed E-state index contributed by atoms with van der Waals surface area (Å²) in [7, 11) is 0. The molecule has 0 aliphatic carbocycles. The number of nitrogens with zero attached hydrogens (tertiary/aromatic N) is 3. The lowest BCUT2D eigenvalue weighted by Gasteiger charge is -2.29. The number of morpholine rings is 1. The fourth-order valence-electron chi connectivity index (χ4n) is 2.70. The molecule has 0 atom stereocenters. The fourth-order valence-corrected chi connectivity index (χ4v) is 3.08. The molecule has 0 amide bonds. The third kappa shape index (κ3) is 7.56. The first-order chi connectivity index (χ1) is 14.0. The first kappa shape index (κ1) is 23.0. The highest BCUT2D eigenvalue weighted by Crippen LogP contribution is 2.17. The van der Waals surface area contributed by atoms with E-state index >= 15 is 0 Å². The molecule has 0 radical (unpaired) electrons. The largest absolute Gasteiger partial charge is 0.378 e. The number of hydrazone groups is 2. The Labute approximate surface area is 183 Å². The van der Waals surface area contributed by atoms with Crippen LogP contribution in [0.3, 0.4) is 0 Å². The van der Waals surface area contributed by atoms with E-state index in [2.05, 4.69) is 48.7 Å². The molecular formula is C19H29N7OS2. The van der Waals surface area contributed by atoms with Crippen molar-refractivity contribution in [3.8, 4) is 0 Å². The maximum atomic E-state index is 5.43. The third-order valence-corrected chi connectivity index (χ3v) is 4.60. The quantitative estimate of drug-likeness (QED) is 0.292. The molecule has 2 rings (SSSR count). The lowest BCUT2D eigenvalue weighted by molar-refractivity contribution is 0.122. The number of thiocarbonyl (C=S) groups is 2. The standard InChI is InChI=1S/C19H29N7OS2/c1-4-20-18(28)24-22-14(3)17(23-25-19(29)21-5-2)15-6-8-16(9-7-15)26-10-12-27-13-11-26/h6-9H,4-5,10-13H2,1-3H3,(H2,20,24,28)(H2,21,25,29)/b22-14+,23-17+. The van der Waals surface area contributed by atoms with E-state index in [-0.39, 0.29) is 0 Å². The van der Waals surface area contributed by atoms with Gasteiger partial charge in [-0.15, -0.1) is 0 Å². The van der Waals surface area contributed by atoms with Gasteiger partial charge in [0.15, 0.2) is 10.2 Å². The number of rotatable bonds is 7. The average molecular weight is 436 g/mol. The van der Waals surface area contributed by atoms with Gasteiger partial charge in [0.2, 0.25) is 0 Å². The predicted molar refractivity (Wildman–Crippen MR) is 128 cm³/mol. The van der Waals surface area contributed by atoms with Crippen molar-refractivity contribution in [1.29, 1.82) is 0 Å². The number of hydrogen-bond acceptors (Lipinski definition) is 6. The molecule has 1 heterocycles. The summed E-state index contributed by atoms with van der Waals surface area (Å²) in [5, 5.41) is 15.8. The minimum atomic E-state index is 0.457. The maximum Gasteiger partial charge on any atom is 0.186 e. The molecule has 8 nitrogen and oxygen atoms in total. The first-order valence-electron chi connectivity index (χ1n) is 9.68. The van der Waals surface area contributed by atoms with E-state index in [0.717, 1.165) is 50.6 Å². The average Bonchev–Trinajstić information content (AvgIpc) is 2.74. The van der Waals surface area contributed by atoms with Gasteiger partial charge >= 0.3 is 0 Å². The normalized spacial score (nSPS) is 14.9. The Balaban J connectivity index is 2.21. The zero-order valence-electron chi connectivity index (χ0n) is 17.1. The highest BCUT2D eigenvalue weighted by atomic mass is 32.1. The van der Waals surface area contributed by atoms with E-state index < -0.39 is 0 Å². The molecule has 1 aliphatic heterocycles. The molecule has 0 saturated carbocycles. The number of anilines is 1. The zero-order chi connectivity index (χ0) is 21.1. The Morgan fingerprint density at radius 3 is 2.07 bits per heavy atom. The van der Waals surface area contributed by atoms with E-state index in [9.17, 15) is 0 Å². The molecule has 1 saturated heterocycles. The van der Waals surface area contributed by atoms with Gasteiger partial charge in [-0.2, -0.15) is 10.2 Å². The predicted octanol–water partition coefficient (Wildman–Crippen LogP) is 1.57. The molecule has 0 spiro atoms. The number of ether oxygens (including phenoxy) is 1. The molecule has 4 N–H and O–H groups in total. The summed E-state index contributed by atoms with van der Waals surface area (Å²) in [6, 6.07) is 8.23. The van der Waals surface area contributed by atoms with Gasteiger partial charge in [-0.25, -0.2) is 0 Å². The zero-order valence-corrected chi connectivity index (χ0v) is 18.8. The number of hydrogen-bond donors (Lipinski definition) is 4. The summed E-state index contributed by atoms with van der Waals surface area (Å²) in [6.45, 7) is 10.6. The van der Waals surface area contributed by atoms with Crippen LogP contribution in [0.4, 0.5) is 5.69 Å². The molecule has 0 bridgehead atoms. The Hall–Kier alpha value is -2.30. The van der Waals surface area contributed by atoms with Crippen molar-refractivity contribution < 1.29 is 4.74 Å². The third-order valence-electron chi connectivity index (χ3n) is 4.13. The van der Waals surface area contributed by atoms with Crippen LogP contribution < -0.4 is 26.4 Å². The minimum Gasteiger partial charge on any atom is -0.378 e.